The Balaban J connectivity index is 1.44. The number of nitrogens with zero attached hydrogens (tertiary/aromatic N) is 1. The molecule has 21 heavy (non-hydrogen) atoms. The van der Waals surface area contributed by atoms with E-state index in [0.717, 1.165) is 24.9 Å². The molecule has 1 aliphatic carbocycles. The van der Waals surface area contributed by atoms with Gasteiger partial charge in [0, 0.05) is 24.3 Å². The van der Waals surface area contributed by atoms with Gasteiger partial charge in [-0.1, -0.05) is 44.7 Å². The molecule has 3 rings (SSSR count). The molecule has 2 aromatic rings. The first-order chi connectivity index (χ1) is 10.3. The lowest BCUT2D eigenvalue weighted by atomic mass is 9.81. The molecule has 1 aromatic carbocycles. The number of hydrogen-bond acceptors (Lipinski definition) is 2. The highest BCUT2D eigenvalue weighted by atomic mass is 14.8. The van der Waals surface area contributed by atoms with E-state index in [-0.39, 0.29) is 0 Å². The number of aromatic nitrogens is 1. The lowest BCUT2D eigenvalue weighted by Crippen LogP contribution is -2.20. The van der Waals surface area contributed by atoms with Crippen LogP contribution in [0.25, 0.3) is 10.8 Å². The summed E-state index contributed by atoms with van der Waals surface area (Å²) in [5, 5.41) is 6.11. The molecule has 0 radical (unpaired) electrons. The molecule has 1 heterocycles. The third-order valence-electron chi connectivity index (χ3n) is 4.90. The summed E-state index contributed by atoms with van der Waals surface area (Å²) in [4.78, 5) is 4.16. The van der Waals surface area contributed by atoms with Gasteiger partial charge in [-0.15, -0.1) is 0 Å². The molecule has 1 N–H and O–H groups in total. The summed E-state index contributed by atoms with van der Waals surface area (Å²) in [6.45, 7) is 4.51. The predicted molar refractivity (Wildman–Crippen MR) is 89.2 cm³/mol. The fourth-order valence-corrected chi connectivity index (χ4v) is 3.40. The van der Waals surface area contributed by atoms with Crippen LogP contribution >= 0.6 is 0 Å². The second kappa shape index (κ2) is 7.04. The van der Waals surface area contributed by atoms with Crippen LogP contribution in [-0.4, -0.2) is 11.5 Å². The van der Waals surface area contributed by atoms with Crippen molar-refractivity contribution in [2.24, 2.45) is 11.8 Å². The fraction of sp³-hybridized carbons (Fsp3) is 0.526. The summed E-state index contributed by atoms with van der Waals surface area (Å²) in [5.74, 6) is 1.91. The fourth-order valence-electron chi connectivity index (χ4n) is 3.40. The third-order valence-corrected chi connectivity index (χ3v) is 4.90. The van der Waals surface area contributed by atoms with Crippen molar-refractivity contribution in [1.82, 2.24) is 10.3 Å². The molecular formula is C19H26N2. The first-order valence-corrected chi connectivity index (χ1v) is 8.34. The molecule has 0 spiro atoms. The Morgan fingerprint density at radius 3 is 2.81 bits per heavy atom. The minimum atomic E-state index is 0.955. The molecule has 0 saturated heterocycles. The number of nitrogens with one attached hydrogen (secondary N) is 1. The van der Waals surface area contributed by atoms with Crippen LogP contribution in [0.2, 0.25) is 0 Å². The van der Waals surface area contributed by atoms with Crippen molar-refractivity contribution in [3.63, 3.8) is 0 Å². The van der Waals surface area contributed by atoms with E-state index in [1.165, 1.54) is 48.4 Å². The average molecular weight is 282 g/mol. The van der Waals surface area contributed by atoms with Crippen molar-refractivity contribution < 1.29 is 0 Å². The Hall–Kier alpha value is -1.41. The molecule has 0 amide bonds. The molecule has 2 heteroatoms. The molecular weight excluding hydrogens is 256 g/mol. The predicted octanol–water partition coefficient (Wildman–Crippen LogP) is 4.54. The first-order valence-electron chi connectivity index (χ1n) is 8.34. The van der Waals surface area contributed by atoms with Gasteiger partial charge in [0.25, 0.3) is 0 Å². The van der Waals surface area contributed by atoms with E-state index in [0.29, 0.717) is 0 Å². The SMILES string of the molecule is CC1CCC(CCNCc2ccc3cnccc3c2)CC1. The molecule has 2 nitrogen and oxygen atoms in total. The quantitative estimate of drug-likeness (QED) is 0.814. The normalized spacial score (nSPS) is 22.5. The van der Waals surface area contributed by atoms with Crippen molar-refractivity contribution >= 4 is 10.8 Å². The lowest BCUT2D eigenvalue weighted by molar-refractivity contribution is 0.275. The summed E-state index contributed by atoms with van der Waals surface area (Å²) in [6, 6.07) is 8.73. The van der Waals surface area contributed by atoms with E-state index in [2.05, 4.69) is 41.5 Å². The van der Waals surface area contributed by atoms with Gasteiger partial charge in [0.1, 0.15) is 0 Å². The van der Waals surface area contributed by atoms with Crippen LogP contribution in [0.3, 0.4) is 0 Å². The van der Waals surface area contributed by atoms with Crippen molar-refractivity contribution in [1.29, 1.82) is 0 Å². The second-order valence-electron chi connectivity index (χ2n) is 6.65. The van der Waals surface area contributed by atoms with Crippen LogP contribution in [-0.2, 0) is 6.54 Å². The van der Waals surface area contributed by atoms with Crippen LogP contribution < -0.4 is 5.32 Å². The van der Waals surface area contributed by atoms with E-state index in [1.54, 1.807) is 0 Å². The standard InChI is InChI=1S/C19H26N2/c1-15-2-4-16(5-3-15)8-10-20-13-17-6-7-19-14-21-11-9-18(19)12-17/h6-7,9,11-12,14-16,20H,2-5,8,10,13H2,1H3. The minimum Gasteiger partial charge on any atom is -0.313 e. The van der Waals surface area contributed by atoms with E-state index < -0.39 is 0 Å². The topological polar surface area (TPSA) is 24.9 Å². The maximum atomic E-state index is 4.16. The van der Waals surface area contributed by atoms with Crippen LogP contribution in [0, 0.1) is 11.8 Å². The van der Waals surface area contributed by atoms with Gasteiger partial charge in [-0.2, -0.15) is 0 Å². The Morgan fingerprint density at radius 2 is 1.95 bits per heavy atom. The zero-order valence-electron chi connectivity index (χ0n) is 13.0. The van der Waals surface area contributed by atoms with Crippen molar-refractivity contribution in [3.8, 4) is 0 Å². The van der Waals surface area contributed by atoms with E-state index >= 15 is 0 Å². The molecule has 0 unspecified atom stereocenters. The highest BCUT2D eigenvalue weighted by Crippen LogP contribution is 2.29. The largest absolute Gasteiger partial charge is 0.313 e. The summed E-state index contributed by atoms with van der Waals surface area (Å²) in [6.07, 6.45) is 10.9. The van der Waals surface area contributed by atoms with E-state index in [9.17, 15) is 0 Å². The van der Waals surface area contributed by atoms with Gasteiger partial charge in [0.15, 0.2) is 0 Å². The van der Waals surface area contributed by atoms with Gasteiger partial charge in [-0.3, -0.25) is 4.98 Å². The van der Waals surface area contributed by atoms with Crippen molar-refractivity contribution in [2.45, 2.75) is 45.6 Å². The number of benzene rings is 1. The van der Waals surface area contributed by atoms with Gasteiger partial charge in [0.2, 0.25) is 0 Å². The number of hydrogen-bond donors (Lipinski definition) is 1. The van der Waals surface area contributed by atoms with Crippen LogP contribution in [0.5, 0.6) is 0 Å². The van der Waals surface area contributed by atoms with Gasteiger partial charge in [-0.25, -0.2) is 0 Å². The van der Waals surface area contributed by atoms with Gasteiger partial charge >= 0.3 is 0 Å². The van der Waals surface area contributed by atoms with E-state index in [4.69, 9.17) is 0 Å². The molecule has 0 bridgehead atoms. The Bertz CT molecular complexity index is 571. The maximum absolute atomic E-state index is 4.16. The Kier molecular flexibility index (Phi) is 4.87. The zero-order valence-corrected chi connectivity index (χ0v) is 13.0. The Labute approximate surface area is 128 Å². The van der Waals surface area contributed by atoms with Gasteiger partial charge in [-0.05, 0) is 47.9 Å². The Morgan fingerprint density at radius 1 is 1.10 bits per heavy atom. The first kappa shape index (κ1) is 14.5. The summed E-state index contributed by atoms with van der Waals surface area (Å²) < 4.78 is 0. The lowest BCUT2D eigenvalue weighted by Gasteiger charge is -2.26. The summed E-state index contributed by atoms with van der Waals surface area (Å²) in [5.41, 5.74) is 1.37. The molecule has 0 atom stereocenters. The zero-order chi connectivity index (χ0) is 14.5. The van der Waals surface area contributed by atoms with Crippen molar-refractivity contribution in [3.05, 3.63) is 42.2 Å². The minimum absolute atomic E-state index is 0.955. The second-order valence-corrected chi connectivity index (χ2v) is 6.65. The van der Waals surface area contributed by atoms with E-state index in [1.807, 2.05) is 12.4 Å². The average Bonchev–Trinajstić information content (AvgIpc) is 2.53. The molecule has 112 valence electrons. The highest BCUT2D eigenvalue weighted by molar-refractivity contribution is 5.81. The van der Waals surface area contributed by atoms with Crippen molar-refractivity contribution in [2.75, 3.05) is 6.54 Å². The van der Waals surface area contributed by atoms with Crippen LogP contribution in [0.15, 0.2) is 36.7 Å². The molecule has 1 fully saturated rings. The molecule has 1 saturated carbocycles. The number of fused-ring (bicyclic) bond motifs is 1. The summed E-state index contributed by atoms with van der Waals surface area (Å²) in [7, 11) is 0. The highest BCUT2D eigenvalue weighted by Gasteiger charge is 2.17. The molecule has 0 aliphatic heterocycles. The van der Waals surface area contributed by atoms with Gasteiger partial charge < -0.3 is 5.32 Å². The van der Waals surface area contributed by atoms with Gasteiger partial charge in [0.05, 0.1) is 0 Å². The number of pyridine rings is 1. The maximum Gasteiger partial charge on any atom is 0.0346 e. The summed E-state index contributed by atoms with van der Waals surface area (Å²) >= 11 is 0. The third kappa shape index (κ3) is 4.04. The van der Waals surface area contributed by atoms with Crippen LogP contribution in [0.1, 0.15) is 44.6 Å². The smallest absolute Gasteiger partial charge is 0.0346 e. The van der Waals surface area contributed by atoms with Crippen LogP contribution in [0.4, 0.5) is 0 Å². The monoisotopic (exact) mass is 282 g/mol. The molecule has 1 aromatic heterocycles. The number of rotatable bonds is 5. The molecule has 1 aliphatic rings.